The van der Waals surface area contributed by atoms with E-state index in [4.69, 9.17) is 5.11 Å². The molecule has 1 fully saturated rings. The molecule has 2 aliphatic heterocycles. The number of rotatable bonds is 5. The van der Waals surface area contributed by atoms with Gasteiger partial charge in [0, 0.05) is 47.9 Å². The monoisotopic (exact) mass is 436 g/mol. The van der Waals surface area contributed by atoms with E-state index in [0.29, 0.717) is 6.54 Å². The van der Waals surface area contributed by atoms with Gasteiger partial charge in [-0.2, -0.15) is 13.2 Å². The van der Waals surface area contributed by atoms with E-state index < -0.39 is 17.2 Å². The van der Waals surface area contributed by atoms with Crippen molar-refractivity contribution in [2.75, 3.05) is 45.9 Å². The normalized spacial score (nSPS) is 22.6. The molecule has 1 N–H and O–H groups in total. The number of halogens is 3. The van der Waals surface area contributed by atoms with Crippen LogP contribution in [0.15, 0.2) is 52.3 Å². The molecule has 2 heterocycles. The van der Waals surface area contributed by atoms with Gasteiger partial charge in [-0.15, -0.1) is 0 Å². The number of aliphatic hydroxyl groups is 1. The first-order valence-corrected chi connectivity index (χ1v) is 11.2. The number of nitrogens with zero attached hydrogens (tertiary/aromatic N) is 2. The van der Waals surface area contributed by atoms with Crippen LogP contribution in [-0.4, -0.2) is 60.8 Å². The van der Waals surface area contributed by atoms with E-state index in [1.807, 2.05) is 12.1 Å². The first kappa shape index (κ1) is 21.7. The molecule has 0 amide bonds. The number of hydrogen-bond donors (Lipinski definition) is 1. The van der Waals surface area contributed by atoms with Gasteiger partial charge in [0.25, 0.3) is 0 Å². The fourth-order valence-electron chi connectivity index (χ4n) is 4.53. The predicted molar refractivity (Wildman–Crippen MR) is 113 cm³/mol. The lowest BCUT2D eigenvalue weighted by atomic mass is 9.72. The van der Waals surface area contributed by atoms with Crippen LogP contribution < -0.4 is 0 Å². The Morgan fingerprint density at radius 3 is 2.23 bits per heavy atom. The Kier molecular flexibility index (Phi) is 6.17. The Hall–Kier alpha value is -1.54. The van der Waals surface area contributed by atoms with Crippen molar-refractivity contribution in [3.8, 4) is 0 Å². The molecule has 0 radical (unpaired) electrons. The molecule has 2 aliphatic rings. The molecule has 4 rings (SSSR count). The van der Waals surface area contributed by atoms with Gasteiger partial charge in [-0.3, -0.25) is 4.90 Å². The molecular weight excluding hydrogens is 409 g/mol. The summed E-state index contributed by atoms with van der Waals surface area (Å²) in [6, 6.07) is 12.3. The molecule has 3 nitrogen and oxygen atoms in total. The van der Waals surface area contributed by atoms with Crippen molar-refractivity contribution in [1.82, 2.24) is 9.80 Å². The van der Waals surface area contributed by atoms with Gasteiger partial charge >= 0.3 is 6.18 Å². The van der Waals surface area contributed by atoms with Gasteiger partial charge in [0.1, 0.15) is 0 Å². The van der Waals surface area contributed by atoms with Gasteiger partial charge in [-0.05, 0) is 48.4 Å². The van der Waals surface area contributed by atoms with Crippen molar-refractivity contribution in [3.05, 3.63) is 59.2 Å². The number of hydrogen-bond acceptors (Lipinski definition) is 4. The molecule has 1 saturated heterocycles. The van der Waals surface area contributed by atoms with Gasteiger partial charge < -0.3 is 10.0 Å². The quantitative estimate of drug-likeness (QED) is 0.748. The van der Waals surface area contributed by atoms with Crippen LogP contribution in [0.5, 0.6) is 0 Å². The van der Waals surface area contributed by atoms with Crippen molar-refractivity contribution >= 4 is 11.8 Å². The smallest absolute Gasteiger partial charge is 0.395 e. The summed E-state index contributed by atoms with van der Waals surface area (Å²) in [6.07, 6.45) is -3.58. The highest BCUT2D eigenvalue weighted by atomic mass is 32.2. The summed E-state index contributed by atoms with van der Waals surface area (Å²) in [5.74, 6) is 0. The Bertz CT molecular complexity index is 896. The van der Waals surface area contributed by atoms with Gasteiger partial charge in [-0.1, -0.05) is 36.9 Å². The Balaban J connectivity index is 1.61. The van der Waals surface area contributed by atoms with Crippen molar-refractivity contribution in [2.24, 2.45) is 0 Å². The number of alkyl halides is 3. The van der Waals surface area contributed by atoms with Gasteiger partial charge in [-0.25, -0.2) is 0 Å². The zero-order valence-electron chi connectivity index (χ0n) is 17.1. The van der Waals surface area contributed by atoms with Crippen LogP contribution in [-0.2, 0) is 11.6 Å². The molecule has 0 aliphatic carbocycles. The second-order valence-corrected chi connectivity index (χ2v) is 9.38. The Labute approximate surface area is 179 Å². The van der Waals surface area contributed by atoms with Crippen molar-refractivity contribution in [2.45, 2.75) is 34.7 Å². The third-order valence-electron chi connectivity index (χ3n) is 6.41. The summed E-state index contributed by atoms with van der Waals surface area (Å²) < 4.78 is 40.3. The third-order valence-corrected chi connectivity index (χ3v) is 7.56. The molecule has 1 unspecified atom stereocenters. The molecule has 30 heavy (non-hydrogen) atoms. The number of aliphatic hydroxyl groups excluding tert-OH is 1. The van der Waals surface area contributed by atoms with E-state index in [9.17, 15) is 13.2 Å². The van der Waals surface area contributed by atoms with Crippen molar-refractivity contribution < 1.29 is 18.3 Å². The highest BCUT2D eigenvalue weighted by Gasteiger charge is 2.40. The fourth-order valence-corrected chi connectivity index (χ4v) is 5.85. The number of benzene rings is 2. The Morgan fingerprint density at radius 1 is 0.933 bits per heavy atom. The van der Waals surface area contributed by atoms with Gasteiger partial charge in [0.2, 0.25) is 0 Å². The number of β-amino-alcohol motifs (C(OH)–C–C–N with tert-alkyl or cyclic N) is 1. The van der Waals surface area contributed by atoms with Crippen LogP contribution in [0.2, 0.25) is 0 Å². The zero-order chi connectivity index (χ0) is 21.4. The standard InChI is InChI=1S/C23H27F3N2OS/c1-22(8-9-27-10-12-28(13-11-27)14-15-29)18-4-2-3-5-20(18)30-21-7-6-17(16-19(21)22)23(24,25)26/h2-7,16,29H,8-15H2,1H3. The molecule has 0 bridgehead atoms. The number of piperazine rings is 1. The first-order chi connectivity index (χ1) is 14.3. The average Bonchev–Trinajstić information content (AvgIpc) is 2.73. The van der Waals surface area contributed by atoms with E-state index in [1.165, 1.54) is 12.1 Å². The van der Waals surface area contributed by atoms with Crippen LogP contribution in [0.4, 0.5) is 13.2 Å². The Morgan fingerprint density at radius 2 is 1.57 bits per heavy atom. The predicted octanol–water partition coefficient (Wildman–Crippen LogP) is 4.48. The first-order valence-electron chi connectivity index (χ1n) is 10.4. The van der Waals surface area contributed by atoms with Crippen molar-refractivity contribution in [1.29, 1.82) is 0 Å². The van der Waals surface area contributed by atoms with Crippen LogP contribution in [0.3, 0.4) is 0 Å². The maximum Gasteiger partial charge on any atom is 0.416 e. The third kappa shape index (κ3) is 4.26. The van der Waals surface area contributed by atoms with E-state index in [1.54, 1.807) is 17.8 Å². The molecule has 2 aromatic rings. The molecule has 0 aromatic heterocycles. The summed E-state index contributed by atoms with van der Waals surface area (Å²) in [7, 11) is 0. The zero-order valence-corrected chi connectivity index (χ0v) is 17.9. The molecule has 0 spiro atoms. The van der Waals surface area contributed by atoms with Crippen molar-refractivity contribution in [3.63, 3.8) is 0 Å². The van der Waals surface area contributed by atoms with E-state index in [2.05, 4.69) is 28.9 Å². The molecule has 162 valence electrons. The van der Waals surface area contributed by atoms with E-state index >= 15 is 0 Å². The topological polar surface area (TPSA) is 26.7 Å². The minimum atomic E-state index is -4.35. The maximum absolute atomic E-state index is 13.4. The lowest BCUT2D eigenvalue weighted by molar-refractivity contribution is -0.137. The minimum Gasteiger partial charge on any atom is -0.395 e. The summed E-state index contributed by atoms with van der Waals surface area (Å²) in [4.78, 5) is 6.67. The lowest BCUT2D eigenvalue weighted by Crippen LogP contribution is -2.48. The highest BCUT2D eigenvalue weighted by Crippen LogP contribution is 2.51. The SMILES string of the molecule is CC1(CCN2CCN(CCO)CC2)c2ccccc2Sc2ccc(C(F)(F)F)cc21. The maximum atomic E-state index is 13.4. The molecular formula is C23H27F3N2OS. The highest BCUT2D eigenvalue weighted by molar-refractivity contribution is 7.99. The van der Waals surface area contributed by atoms with Gasteiger partial charge in [0.15, 0.2) is 0 Å². The van der Waals surface area contributed by atoms with Crippen LogP contribution in [0.1, 0.15) is 30.0 Å². The van der Waals surface area contributed by atoms with Gasteiger partial charge in [0.05, 0.1) is 12.2 Å². The summed E-state index contributed by atoms with van der Waals surface area (Å²) >= 11 is 1.56. The summed E-state index contributed by atoms with van der Waals surface area (Å²) in [5.41, 5.74) is 0.839. The molecule has 1 atom stereocenters. The molecule has 7 heteroatoms. The largest absolute Gasteiger partial charge is 0.416 e. The fraction of sp³-hybridized carbons (Fsp3) is 0.478. The number of fused-ring (bicyclic) bond motifs is 2. The molecule has 0 saturated carbocycles. The van der Waals surface area contributed by atoms with Crippen LogP contribution in [0, 0.1) is 0 Å². The lowest BCUT2D eigenvalue weighted by Gasteiger charge is -2.41. The molecule has 2 aromatic carbocycles. The van der Waals surface area contributed by atoms with E-state index in [-0.39, 0.29) is 6.61 Å². The summed E-state index contributed by atoms with van der Waals surface area (Å²) in [6.45, 7) is 7.46. The second-order valence-electron chi connectivity index (χ2n) is 8.30. The summed E-state index contributed by atoms with van der Waals surface area (Å²) in [5, 5.41) is 9.12. The minimum absolute atomic E-state index is 0.171. The second kappa shape index (κ2) is 8.54. The van der Waals surface area contributed by atoms with E-state index in [0.717, 1.165) is 60.1 Å². The average molecular weight is 437 g/mol. The van der Waals surface area contributed by atoms with Crippen LogP contribution in [0.25, 0.3) is 0 Å². The van der Waals surface area contributed by atoms with Crippen LogP contribution >= 0.6 is 11.8 Å².